The standard InChI is InChI=1S/C22H35N3O4/c1-5-16(14-29-4)23-21(27)18-12-25(15(2)3)13-19(20(18)26)22(28)24-17-10-8-6-7-9-11-17/h12-13,15-17H,5-11,14H2,1-4H3,(H,23,27)(H,24,28). The number of hydrogen-bond donors (Lipinski definition) is 2. The van der Waals surface area contributed by atoms with Gasteiger partial charge in [-0.2, -0.15) is 0 Å². The monoisotopic (exact) mass is 405 g/mol. The maximum atomic E-state index is 13.0. The molecule has 7 heteroatoms. The van der Waals surface area contributed by atoms with E-state index < -0.39 is 17.2 Å². The van der Waals surface area contributed by atoms with Crippen molar-refractivity contribution < 1.29 is 14.3 Å². The van der Waals surface area contributed by atoms with Crippen LogP contribution in [-0.4, -0.2) is 42.2 Å². The molecule has 0 radical (unpaired) electrons. The number of aromatic nitrogens is 1. The molecule has 1 aromatic heterocycles. The molecule has 0 aromatic carbocycles. The molecule has 1 fully saturated rings. The number of nitrogens with zero attached hydrogens (tertiary/aromatic N) is 1. The van der Waals surface area contributed by atoms with Crippen molar-refractivity contribution in [1.29, 1.82) is 0 Å². The van der Waals surface area contributed by atoms with Gasteiger partial charge in [-0.3, -0.25) is 14.4 Å². The van der Waals surface area contributed by atoms with Crippen molar-refractivity contribution in [2.75, 3.05) is 13.7 Å². The van der Waals surface area contributed by atoms with Crippen molar-refractivity contribution in [2.24, 2.45) is 0 Å². The van der Waals surface area contributed by atoms with Crippen LogP contribution in [-0.2, 0) is 4.74 Å². The van der Waals surface area contributed by atoms with E-state index in [1.54, 1.807) is 17.9 Å². The number of rotatable bonds is 8. The molecule has 1 aliphatic rings. The van der Waals surface area contributed by atoms with E-state index in [2.05, 4.69) is 10.6 Å². The van der Waals surface area contributed by atoms with Crippen LogP contribution in [0.2, 0.25) is 0 Å². The number of ether oxygens (including phenoxy) is 1. The third-order valence-corrected chi connectivity index (χ3v) is 5.52. The van der Waals surface area contributed by atoms with Crippen LogP contribution in [0.1, 0.15) is 92.5 Å². The molecule has 1 aromatic rings. The summed E-state index contributed by atoms with van der Waals surface area (Å²) in [6.45, 7) is 6.19. The highest BCUT2D eigenvalue weighted by Gasteiger charge is 2.23. The summed E-state index contributed by atoms with van der Waals surface area (Å²) in [6, 6.07) is -0.101. The predicted molar refractivity (Wildman–Crippen MR) is 113 cm³/mol. The average Bonchev–Trinajstić information content (AvgIpc) is 2.95. The second-order valence-electron chi connectivity index (χ2n) is 8.15. The topological polar surface area (TPSA) is 89.4 Å². The van der Waals surface area contributed by atoms with Crippen molar-refractivity contribution >= 4 is 11.8 Å². The Labute approximate surface area is 173 Å². The quantitative estimate of drug-likeness (QED) is 0.651. The highest BCUT2D eigenvalue weighted by atomic mass is 16.5. The van der Waals surface area contributed by atoms with Gasteiger partial charge in [-0.25, -0.2) is 0 Å². The largest absolute Gasteiger partial charge is 0.383 e. The van der Waals surface area contributed by atoms with Crippen molar-refractivity contribution in [3.63, 3.8) is 0 Å². The van der Waals surface area contributed by atoms with Crippen LogP contribution in [0.25, 0.3) is 0 Å². The van der Waals surface area contributed by atoms with Crippen molar-refractivity contribution in [3.05, 3.63) is 33.7 Å². The second-order valence-corrected chi connectivity index (χ2v) is 8.15. The third kappa shape index (κ3) is 6.42. The van der Waals surface area contributed by atoms with Gasteiger partial charge in [-0.1, -0.05) is 32.6 Å². The van der Waals surface area contributed by atoms with Gasteiger partial charge in [0, 0.05) is 31.6 Å². The Morgan fingerprint density at radius 1 is 1.10 bits per heavy atom. The minimum absolute atomic E-state index is 0.00697. The van der Waals surface area contributed by atoms with E-state index in [0.29, 0.717) is 13.0 Å². The molecule has 7 nitrogen and oxygen atoms in total. The smallest absolute Gasteiger partial charge is 0.257 e. The van der Waals surface area contributed by atoms with Gasteiger partial charge in [0.2, 0.25) is 5.43 Å². The SMILES string of the molecule is CCC(COC)NC(=O)c1cn(C(C)C)cc(C(=O)NC2CCCCCC2)c1=O. The van der Waals surface area contributed by atoms with Gasteiger partial charge in [-0.15, -0.1) is 0 Å². The number of nitrogens with one attached hydrogen (secondary N) is 2. The third-order valence-electron chi connectivity index (χ3n) is 5.52. The number of hydrogen-bond acceptors (Lipinski definition) is 4. The van der Waals surface area contributed by atoms with Gasteiger partial charge >= 0.3 is 0 Å². The second kappa shape index (κ2) is 11.1. The molecule has 1 unspecified atom stereocenters. The van der Waals surface area contributed by atoms with Crippen molar-refractivity contribution in [3.8, 4) is 0 Å². The summed E-state index contributed by atoms with van der Waals surface area (Å²) in [5.74, 6) is -0.868. The fraction of sp³-hybridized carbons (Fsp3) is 0.682. The summed E-state index contributed by atoms with van der Waals surface area (Å²) in [5.41, 5.74) is -0.519. The van der Waals surface area contributed by atoms with E-state index in [1.165, 1.54) is 19.0 Å². The van der Waals surface area contributed by atoms with Crippen LogP contribution in [0.4, 0.5) is 0 Å². The van der Waals surface area contributed by atoms with E-state index in [-0.39, 0.29) is 29.3 Å². The lowest BCUT2D eigenvalue weighted by Gasteiger charge is -2.19. The fourth-order valence-corrected chi connectivity index (χ4v) is 3.63. The van der Waals surface area contributed by atoms with Crippen molar-refractivity contribution in [1.82, 2.24) is 15.2 Å². The van der Waals surface area contributed by atoms with Crippen LogP contribution < -0.4 is 16.1 Å². The average molecular weight is 406 g/mol. The molecular weight excluding hydrogens is 370 g/mol. The lowest BCUT2D eigenvalue weighted by Crippen LogP contribution is -2.42. The van der Waals surface area contributed by atoms with E-state index in [9.17, 15) is 14.4 Å². The molecule has 2 rings (SSSR count). The highest BCUT2D eigenvalue weighted by molar-refractivity contribution is 5.99. The lowest BCUT2D eigenvalue weighted by atomic mass is 10.1. The summed E-state index contributed by atoms with van der Waals surface area (Å²) in [4.78, 5) is 38.7. The Morgan fingerprint density at radius 2 is 1.69 bits per heavy atom. The maximum Gasteiger partial charge on any atom is 0.257 e. The first-order valence-corrected chi connectivity index (χ1v) is 10.7. The Morgan fingerprint density at radius 3 is 2.21 bits per heavy atom. The van der Waals surface area contributed by atoms with E-state index in [0.717, 1.165) is 25.7 Å². The molecule has 29 heavy (non-hydrogen) atoms. The zero-order valence-electron chi connectivity index (χ0n) is 18.1. The lowest BCUT2D eigenvalue weighted by molar-refractivity contribution is 0.0892. The minimum Gasteiger partial charge on any atom is -0.383 e. The summed E-state index contributed by atoms with van der Waals surface area (Å²) >= 11 is 0. The van der Waals surface area contributed by atoms with E-state index in [4.69, 9.17) is 4.74 Å². The molecule has 0 saturated heterocycles. The molecule has 2 amide bonds. The Kier molecular flexibility index (Phi) is 8.89. The number of carbonyl (C=O) groups excluding carboxylic acids is 2. The first-order valence-electron chi connectivity index (χ1n) is 10.7. The highest BCUT2D eigenvalue weighted by Crippen LogP contribution is 2.17. The van der Waals surface area contributed by atoms with Crippen LogP contribution in [0.15, 0.2) is 17.2 Å². The van der Waals surface area contributed by atoms with Gasteiger partial charge in [0.15, 0.2) is 0 Å². The zero-order chi connectivity index (χ0) is 21.4. The minimum atomic E-state index is -0.530. The molecule has 0 bridgehead atoms. The van der Waals surface area contributed by atoms with Crippen molar-refractivity contribution in [2.45, 2.75) is 83.8 Å². The molecule has 2 N–H and O–H groups in total. The van der Waals surface area contributed by atoms with Gasteiger partial charge in [0.05, 0.1) is 12.6 Å². The van der Waals surface area contributed by atoms with E-state index in [1.807, 2.05) is 20.8 Å². The van der Waals surface area contributed by atoms with Crippen LogP contribution in [0, 0.1) is 0 Å². The van der Waals surface area contributed by atoms with Crippen LogP contribution in [0.3, 0.4) is 0 Å². The molecule has 162 valence electrons. The normalized spacial score (nSPS) is 16.3. The van der Waals surface area contributed by atoms with Gasteiger partial charge < -0.3 is 19.9 Å². The Hall–Kier alpha value is -2.15. The number of carbonyl (C=O) groups is 2. The zero-order valence-corrected chi connectivity index (χ0v) is 18.1. The number of methoxy groups -OCH3 is 1. The number of amides is 2. The summed E-state index contributed by atoms with van der Waals surface area (Å²) in [7, 11) is 1.57. The van der Waals surface area contributed by atoms with Gasteiger partial charge in [0.25, 0.3) is 11.8 Å². The number of pyridine rings is 1. The molecular formula is C22H35N3O4. The molecule has 1 heterocycles. The summed E-state index contributed by atoms with van der Waals surface area (Å²) in [6.07, 6.45) is 10.2. The fourth-order valence-electron chi connectivity index (χ4n) is 3.63. The summed E-state index contributed by atoms with van der Waals surface area (Å²) < 4.78 is 6.86. The predicted octanol–water partition coefficient (Wildman–Crippen LogP) is 3.04. The van der Waals surface area contributed by atoms with Crippen LogP contribution >= 0.6 is 0 Å². The molecule has 1 atom stereocenters. The van der Waals surface area contributed by atoms with Crippen LogP contribution in [0.5, 0.6) is 0 Å². The Bertz CT molecular complexity index is 749. The van der Waals surface area contributed by atoms with Gasteiger partial charge in [-0.05, 0) is 33.1 Å². The summed E-state index contributed by atoms with van der Waals surface area (Å²) in [5, 5.41) is 5.85. The maximum absolute atomic E-state index is 13.0. The molecule has 0 spiro atoms. The Balaban J connectivity index is 2.30. The molecule has 0 aliphatic heterocycles. The first kappa shape index (κ1) is 23.1. The first-order chi connectivity index (χ1) is 13.9. The van der Waals surface area contributed by atoms with E-state index >= 15 is 0 Å². The molecule has 1 saturated carbocycles. The van der Waals surface area contributed by atoms with Gasteiger partial charge in [0.1, 0.15) is 11.1 Å². The molecule has 1 aliphatic carbocycles.